The molecule has 0 saturated heterocycles. The average Bonchev–Trinajstić information content (AvgIpc) is 2.33. The predicted octanol–water partition coefficient (Wildman–Crippen LogP) is 1.00. The Morgan fingerprint density at radius 1 is 1.24 bits per heavy atom. The van der Waals surface area contributed by atoms with Crippen molar-refractivity contribution in [2.24, 2.45) is 5.73 Å². The lowest BCUT2D eigenvalue weighted by molar-refractivity contribution is 0.665. The maximum Gasteiger partial charge on any atom is 0.145 e. The molecule has 0 spiro atoms. The van der Waals surface area contributed by atoms with Crippen LogP contribution < -0.4 is 11.5 Å². The molecule has 4 N–H and O–H groups in total. The number of hydrogen-bond donors (Lipinski definition) is 2. The minimum absolute atomic E-state index is 0.262. The second kappa shape index (κ2) is 4.88. The first-order chi connectivity index (χ1) is 8.16. The van der Waals surface area contributed by atoms with E-state index < -0.39 is 0 Å². The molecule has 0 saturated carbocycles. The van der Waals surface area contributed by atoms with Gasteiger partial charge in [0.1, 0.15) is 11.6 Å². The largest absolute Gasteiger partial charge is 0.383 e. The molecule has 2 rings (SSSR count). The van der Waals surface area contributed by atoms with Crippen LogP contribution in [0.15, 0.2) is 30.7 Å². The molecule has 0 aliphatic carbocycles. The third kappa shape index (κ3) is 2.76. The maximum atomic E-state index is 6.04. The summed E-state index contributed by atoms with van der Waals surface area (Å²) >= 11 is 0. The van der Waals surface area contributed by atoms with E-state index in [1.54, 1.807) is 18.6 Å². The van der Waals surface area contributed by atoms with Crippen LogP contribution in [0.2, 0.25) is 0 Å². The fourth-order valence-electron chi connectivity index (χ4n) is 1.55. The zero-order valence-corrected chi connectivity index (χ0v) is 9.67. The lowest BCUT2D eigenvalue weighted by Gasteiger charge is -2.11. The number of hydrogen-bond acceptors (Lipinski definition) is 5. The van der Waals surface area contributed by atoms with Gasteiger partial charge in [0.15, 0.2) is 0 Å². The minimum atomic E-state index is -0.262. The maximum absolute atomic E-state index is 6.04. The number of nitrogen functional groups attached to an aromatic ring is 1. The van der Waals surface area contributed by atoms with Gasteiger partial charge < -0.3 is 11.5 Å². The standard InChI is InChI=1S/C12H15N5/c1-8-6-16-12(17-7-8)10(13)5-9-3-2-4-15-11(9)14/h2-4,6-7,10H,5,13H2,1H3,(H2,14,15). The number of nitrogens with two attached hydrogens (primary N) is 2. The van der Waals surface area contributed by atoms with E-state index in [0.29, 0.717) is 18.1 Å². The molecule has 0 fully saturated rings. The Morgan fingerprint density at radius 3 is 2.59 bits per heavy atom. The lowest BCUT2D eigenvalue weighted by atomic mass is 10.1. The zero-order chi connectivity index (χ0) is 12.3. The van der Waals surface area contributed by atoms with Crippen molar-refractivity contribution < 1.29 is 0 Å². The van der Waals surface area contributed by atoms with E-state index in [9.17, 15) is 0 Å². The highest BCUT2D eigenvalue weighted by molar-refractivity contribution is 5.39. The Hall–Kier alpha value is -2.01. The zero-order valence-electron chi connectivity index (χ0n) is 9.67. The van der Waals surface area contributed by atoms with Gasteiger partial charge >= 0.3 is 0 Å². The third-order valence-electron chi connectivity index (χ3n) is 2.50. The van der Waals surface area contributed by atoms with Crippen LogP contribution in [0.3, 0.4) is 0 Å². The summed E-state index contributed by atoms with van der Waals surface area (Å²) in [6.45, 7) is 1.94. The first-order valence-corrected chi connectivity index (χ1v) is 5.40. The molecule has 1 unspecified atom stereocenters. The highest BCUT2D eigenvalue weighted by Crippen LogP contribution is 2.15. The van der Waals surface area contributed by atoms with Crippen molar-refractivity contribution in [3.05, 3.63) is 47.7 Å². The molecule has 5 nitrogen and oxygen atoms in total. The van der Waals surface area contributed by atoms with Crippen LogP contribution in [0.4, 0.5) is 5.82 Å². The number of nitrogens with zero attached hydrogens (tertiary/aromatic N) is 3. The molecule has 0 radical (unpaired) electrons. The van der Waals surface area contributed by atoms with Crippen molar-refractivity contribution in [3.63, 3.8) is 0 Å². The van der Waals surface area contributed by atoms with Crippen LogP contribution in [0.5, 0.6) is 0 Å². The van der Waals surface area contributed by atoms with Crippen molar-refractivity contribution in [3.8, 4) is 0 Å². The van der Waals surface area contributed by atoms with Crippen LogP contribution in [0.1, 0.15) is 23.0 Å². The van der Waals surface area contributed by atoms with Gasteiger partial charge in [0.05, 0.1) is 6.04 Å². The van der Waals surface area contributed by atoms with Crippen LogP contribution in [-0.4, -0.2) is 15.0 Å². The SMILES string of the molecule is Cc1cnc(C(N)Cc2cccnc2N)nc1. The quantitative estimate of drug-likeness (QED) is 0.819. The van der Waals surface area contributed by atoms with Crippen molar-refractivity contribution in [2.75, 3.05) is 5.73 Å². The fraction of sp³-hybridized carbons (Fsp3) is 0.250. The third-order valence-corrected chi connectivity index (χ3v) is 2.50. The van der Waals surface area contributed by atoms with Crippen molar-refractivity contribution in [1.29, 1.82) is 0 Å². The van der Waals surface area contributed by atoms with Crippen molar-refractivity contribution >= 4 is 5.82 Å². The Labute approximate surface area is 99.9 Å². The number of aromatic nitrogens is 3. The van der Waals surface area contributed by atoms with Gasteiger partial charge in [-0.05, 0) is 30.5 Å². The smallest absolute Gasteiger partial charge is 0.145 e. The van der Waals surface area contributed by atoms with Crippen LogP contribution in [0.25, 0.3) is 0 Å². The lowest BCUT2D eigenvalue weighted by Crippen LogP contribution is -2.17. The van der Waals surface area contributed by atoms with E-state index in [1.165, 1.54) is 0 Å². The van der Waals surface area contributed by atoms with Gasteiger partial charge in [-0.3, -0.25) is 0 Å². The van der Waals surface area contributed by atoms with E-state index >= 15 is 0 Å². The van der Waals surface area contributed by atoms with Gasteiger partial charge in [-0.2, -0.15) is 0 Å². The highest BCUT2D eigenvalue weighted by atomic mass is 14.9. The number of pyridine rings is 1. The fourth-order valence-corrected chi connectivity index (χ4v) is 1.55. The summed E-state index contributed by atoms with van der Waals surface area (Å²) < 4.78 is 0. The molecule has 0 aromatic carbocycles. The van der Waals surface area contributed by atoms with Gasteiger partial charge in [0.2, 0.25) is 0 Å². The van der Waals surface area contributed by atoms with E-state index in [-0.39, 0.29) is 6.04 Å². The molecule has 2 aromatic heterocycles. The van der Waals surface area contributed by atoms with Gasteiger partial charge in [-0.25, -0.2) is 15.0 Å². The first kappa shape index (κ1) is 11.5. The molecular weight excluding hydrogens is 214 g/mol. The second-order valence-corrected chi connectivity index (χ2v) is 3.98. The topological polar surface area (TPSA) is 90.7 Å². The summed E-state index contributed by atoms with van der Waals surface area (Å²) in [4.78, 5) is 12.4. The molecule has 5 heteroatoms. The molecule has 0 aliphatic rings. The molecular formula is C12H15N5. The summed E-state index contributed by atoms with van der Waals surface area (Å²) in [6, 6.07) is 3.49. The van der Waals surface area contributed by atoms with Crippen LogP contribution in [0, 0.1) is 6.92 Å². The Balaban J connectivity index is 2.14. The van der Waals surface area contributed by atoms with Gasteiger partial charge in [-0.15, -0.1) is 0 Å². The number of anilines is 1. The summed E-state index contributed by atoms with van der Waals surface area (Å²) in [7, 11) is 0. The van der Waals surface area contributed by atoms with Gasteiger partial charge in [0, 0.05) is 18.6 Å². The molecule has 0 aliphatic heterocycles. The molecule has 1 atom stereocenters. The molecule has 0 amide bonds. The van der Waals surface area contributed by atoms with Crippen LogP contribution in [-0.2, 0) is 6.42 Å². The highest BCUT2D eigenvalue weighted by Gasteiger charge is 2.11. The summed E-state index contributed by atoms with van der Waals surface area (Å²) in [5.74, 6) is 1.13. The summed E-state index contributed by atoms with van der Waals surface area (Å²) in [5, 5.41) is 0. The van der Waals surface area contributed by atoms with E-state index in [2.05, 4.69) is 15.0 Å². The Morgan fingerprint density at radius 2 is 1.94 bits per heavy atom. The Bertz CT molecular complexity index is 495. The van der Waals surface area contributed by atoms with Crippen molar-refractivity contribution in [2.45, 2.75) is 19.4 Å². The molecule has 17 heavy (non-hydrogen) atoms. The molecule has 2 aromatic rings. The van der Waals surface area contributed by atoms with E-state index in [0.717, 1.165) is 11.1 Å². The Kier molecular flexibility index (Phi) is 3.30. The summed E-state index contributed by atoms with van der Waals surface area (Å²) in [5.41, 5.74) is 13.7. The normalized spacial score (nSPS) is 12.4. The first-order valence-electron chi connectivity index (χ1n) is 5.40. The van der Waals surface area contributed by atoms with E-state index in [1.807, 2.05) is 19.1 Å². The number of aryl methyl sites for hydroxylation is 1. The summed E-state index contributed by atoms with van der Waals surface area (Å²) in [6.07, 6.45) is 5.76. The van der Waals surface area contributed by atoms with Crippen molar-refractivity contribution in [1.82, 2.24) is 15.0 Å². The average molecular weight is 229 g/mol. The minimum Gasteiger partial charge on any atom is -0.383 e. The molecule has 0 bridgehead atoms. The number of rotatable bonds is 3. The second-order valence-electron chi connectivity index (χ2n) is 3.98. The van der Waals surface area contributed by atoms with Crippen LogP contribution >= 0.6 is 0 Å². The van der Waals surface area contributed by atoms with E-state index in [4.69, 9.17) is 11.5 Å². The van der Waals surface area contributed by atoms with Gasteiger partial charge in [0.25, 0.3) is 0 Å². The predicted molar refractivity (Wildman–Crippen MR) is 66.1 cm³/mol. The molecule has 88 valence electrons. The monoisotopic (exact) mass is 229 g/mol. The molecule has 2 heterocycles. The van der Waals surface area contributed by atoms with Gasteiger partial charge in [-0.1, -0.05) is 6.07 Å².